The van der Waals surface area contributed by atoms with E-state index in [1.165, 1.54) is 6.26 Å². The SMILES string of the molecule is CCOCCNCCCS(C)(=O)=O. The Morgan fingerprint density at radius 1 is 1.31 bits per heavy atom. The lowest BCUT2D eigenvalue weighted by Crippen LogP contribution is -2.22. The van der Waals surface area contributed by atoms with Crippen LogP contribution >= 0.6 is 0 Å². The maximum absolute atomic E-state index is 10.7. The summed E-state index contributed by atoms with van der Waals surface area (Å²) in [6.45, 7) is 4.89. The second-order valence-corrected chi connectivity index (χ2v) is 5.19. The molecule has 1 N–H and O–H groups in total. The molecule has 0 saturated carbocycles. The van der Waals surface area contributed by atoms with E-state index in [2.05, 4.69) is 5.32 Å². The van der Waals surface area contributed by atoms with E-state index in [1.807, 2.05) is 6.92 Å². The number of hydrogen-bond acceptors (Lipinski definition) is 4. The summed E-state index contributed by atoms with van der Waals surface area (Å²) in [5.74, 6) is 0.259. The average molecular weight is 209 g/mol. The molecule has 0 aromatic heterocycles. The van der Waals surface area contributed by atoms with Gasteiger partial charge in [0, 0.05) is 19.4 Å². The van der Waals surface area contributed by atoms with Crippen LogP contribution in [0.2, 0.25) is 0 Å². The van der Waals surface area contributed by atoms with E-state index in [-0.39, 0.29) is 5.75 Å². The van der Waals surface area contributed by atoms with Crippen molar-refractivity contribution in [1.82, 2.24) is 5.32 Å². The van der Waals surface area contributed by atoms with Crippen molar-refractivity contribution in [1.29, 1.82) is 0 Å². The zero-order chi connectivity index (χ0) is 10.2. The molecule has 0 amide bonds. The third-order valence-electron chi connectivity index (χ3n) is 1.50. The first-order valence-corrected chi connectivity index (χ1v) is 6.58. The van der Waals surface area contributed by atoms with Gasteiger partial charge < -0.3 is 10.1 Å². The molecule has 0 fully saturated rings. The van der Waals surface area contributed by atoms with Crippen LogP contribution in [0.25, 0.3) is 0 Å². The number of ether oxygens (including phenoxy) is 1. The van der Waals surface area contributed by atoms with E-state index in [0.717, 1.165) is 19.7 Å². The van der Waals surface area contributed by atoms with Gasteiger partial charge in [-0.3, -0.25) is 0 Å². The van der Waals surface area contributed by atoms with Crippen molar-refractivity contribution in [3.05, 3.63) is 0 Å². The summed E-state index contributed by atoms with van der Waals surface area (Å²) in [5.41, 5.74) is 0. The van der Waals surface area contributed by atoms with Crippen molar-refractivity contribution in [3.63, 3.8) is 0 Å². The number of nitrogens with one attached hydrogen (secondary N) is 1. The average Bonchev–Trinajstić information content (AvgIpc) is 2.01. The van der Waals surface area contributed by atoms with Gasteiger partial charge in [0.2, 0.25) is 0 Å². The smallest absolute Gasteiger partial charge is 0.147 e. The van der Waals surface area contributed by atoms with Gasteiger partial charge in [-0.15, -0.1) is 0 Å². The molecular formula is C8H19NO3S. The Hall–Kier alpha value is -0.130. The molecule has 0 saturated heterocycles. The van der Waals surface area contributed by atoms with Gasteiger partial charge in [-0.1, -0.05) is 0 Å². The molecule has 0 aromatic carbocycles. The molecule has 4 nitrogen and oxygen atoms in total. The molecule has 0 bridgehead atoms. The highest BCUT2D eigenvalue weighted by atomic mass is 32.2. The Kier molecular flexibility index (Phi) is 7.22. The first-order chi connectivity index (χ1) is 6.06. The molecule has 0 atom stereocenters. The van der Waals surface area contributed by atoms with Crippen molar-refractivity contribution in [3.8, 4) is 0 Å². The fourth-order valence-corrected chi connectivity index (χ4v) is 1.54. The predicted molar refractivity (Wildman–Crippen MR) is 53.7 cm³/mol. The summed E-state index contributed by atoms with van der Waals surface area (Å²) < 4.78 is 26.5. The van der Waals surface area contributed by atoms with Crippen LogP contribution in [0.4, 0.5) is 0 Å². The van der Waals surface area contributed by atoms with Crippen LogP contribution in [0.1, 0.15) is 13.3 Å². The largest absolute Gasteiger partial charge is 0.380 e. The summed E-state index contributed by atoms with van der Waals surface area (Å²) in [4.78, 5) is 0. The van der Waals surface area contributed by atoms with Crippen LogP contribution in [-0.4, -0.2) is 46.7 Å². The van der Waals surface area contributed by atoms with Crippen molar-refractivity contribution >= 4 is 9.84 Å². The molecule has 0 aromatic rings. The van der Waals surface area contributed by atoms with Gasteiger partial charge in [0.05, 0.1) is 12.4 Å². The molecule has 0 heterocycles. The van der Waals surface area contributed by atoms with E-state index in [0.29, 0.717) is 13.0 Å². The minimum atomic E-state index is -2.79. The minimum Gasteiger partial charge on any atom is -0.380 e. The van der Waals surface area contributed by atoms with Crippen LogP contribution < -0.4 is 5.32 Å². The first kappa shape index (κ1) is 12.9. The van der Waals surface area contributed by atoms with Crippen LogP contribution in [0.5, 0.6) is 0 Å². The number of rotatable bonds is 8. The quantitative estimate of drug-likeness (QED) is 0.574. The van der Waals surface area contributed by atoms with Gasteiger partial charge in [0.15, 0.2) is 0 Å². The summed E-state index contributed by atoms with van der Waals surface area (Å²) in [5, 5.41) is 3.10. The van der Waals surface area contributed by atoms with Gasteiger partial charge in [-0.25, -0.2) is 8.42 Å². The van der Waals surface area contributed by atoms with Gasteiger partial charge in [0.25, 0.3) is 0 Å². The topological polar surface area (TPSA) is 55.4 Å². The van der Waals surface area contributed by atoms with Crippen molar-refractivity contribution in [2.75, 3.05) is 38.3 Å². The lowest BCUT2D eigenvalue weighted by Gasteiger charge is -2.03. The van der Waals surface area contributed by atoms with Crippen molar-refractivity contribution < 1.29 is 13.2 Å². The first-order valence-electron chi connectivity index (χ1n) is 4.52. The van der Waals surface area contributed by atoms with Crippen LogP contribution in [0, 0.1) is 0 Å². The van der Waals surface area contributed by atoms with Gasteiger partial charge >= 0.3 is 0 Å². The van der Waals surface area contributed by atoms with E-state index in [4.69, 9.17) is 4.74 Å². The standard InChI is InChI=1S/C8H19NO3S/c1-3-12-7-6-9-5-4-8-13(2,10)11/h9H,3-8H2,1-2H3. The zero-order valence-corrected chi connectivity index (χ0v) is 9.19. The van der Waals surface area contributed by atoms with Crippen LogP contribution in [0.3, 0.4) is 0 Å². The third-order valence-corrected chi connectivity index (χ3v) is 2.53. The Morgan fingerprint density at radius 3 is 2.54 bits per heavy atom. The highest BCUT2D eigenvalue weighted by Crippen LogP contribution is 1.86. The second-order valence-electron chi connectivity index (χ2n) is 2.93. The molecular weight excluding hydrogens is 190 g/mol. The fraction of sp³-hybridized carbons (Fsp3) is 1.00. The zero-order valence-electron chi connectivity index (χ0n) is 8.38. The number of hydrogen-bond donors (Lipinski definition) is 1. The molecule has 0 aliphatic carbocycles. The molecule has 0 aliphatic rings. The maximum Gasteiger partial charge on any atom is 0.147 e. The summed E-state index contributed by atoms with van der Waals surface area (Å²) in [6.07, 6.45) is 1.93. The lowest BCUT2D eigenvalue weighted by atomic mass is 10.5. The maximum atomic E-state index is 10.7. The highest BCUT2D eigenvalue weighted by molar-refractivity contribution is 7.90. The Bertz CT molecular complexity index is 201. The van der Waals surface area contributed by atoms with Crippen molar-refractivity contribution in [2.24, 2.45) is 0 Å². The summed E-state index contributed by atoms with van der Waals surface area (Å²) in [7, 11) is -2.79. The fourth-order valence-electron chi connectivity index (χ4n) is 0.873. The third kappa shape index (κ3) is 11.9. The predicted octanol–water partition coefficient (Wildman–Crippen LogP) is 0.0472. The molecule has 5 heteroatoms. The van der Waals surface area contributed by atoms with E-state index >= 15 is 0 Å². The van der Waals surface area contributed by atoms with Gasteiger partial charge in [-0.05, 0) is 19.9 Å². The molecule has 0 unspecified atom stereocenters. The van der Waals surface area contributed by atoms with Gasteiger partial charge in [-0.2, -0.15) is 0 Å². The Labute approximate surface area is 80.6 Å². The monoisotopic (exact) mass is 209 g/mol. The molecule has 13 heavy (non-hydrogen) atoms. The minimum absolute atomic E-state index is 0.259. The van der Waals surface area contributed by atoms with Gasteiger partial charge in [0.1, 0.15) is 9.84 Å². The summed E-state index contributed by atoms with van der Waals surface area (Å²) >= 11 is 0. The summed E-state index contributed by atoms with van der Waals surface area (Å²) in [6, 6.07) is 0. The lowest BCUT2D eigenvalue weighted by molar-refractivity contribution is 0.149. The Balaban J connectivity index is 3.09. The van der Waals surface area contributed by atoms with Crippen molar-refractivity contribution in [2.45, 2.75) is 13.3 Å². The molecule has 0 aliphatic heterocycles. The second kappa shape index (κ2) is 7.29. The van der Waals surface area contributed by atoms with Crippen LogP contribution in [-0.2, 0) is 14.6 Å². The molecule has 0 radical (unpaired) electrons. The Morgan fingerprint density at radius 2 is 2.00 bits per heavy atom. The van der Waals surface area contributed by atoms with E-state index in [1.54, 1.807) is 0 Å². The van der Waals surface area contributed by atoms with E-state index in [9.17, 15) is 8.42 Å². The van der Waals surface area contributed by atoms with Crippen LogP contribution in [0.15, 0.2) is 0 Å². The van der Waals surface area contributed by atoms with E-state index < -0.39 is 9.84 Å². The number of sulfone groups is 1. The normalized spacial score (nSPS) is 11.8. The molecule has 80 valence electrons. The molecule has 0 spiro atoms. The highest BCUT2D eigenvalue weighted by Gasteiger charge is 1.99. The molecule has 0 rings (SSSR count).